The van der Waals surface area contributed by atoms with E-state index in [2.05, 4.69) is 4.90 Å². The van der Waals surface area contributed by atoms with Crippen molar-refractivity contribution >= 4 is 6.09 Å². The second kappa shape index (κ2) is 8.93. The van der Waals surface area contributed by atoms with Crippen molar-refractivity contribution in [3.63, 3.8) is 0 Å². The van der Waals surface area contributed by atoms with E-state index in [1.165, 1.54) is 12.1 Å². The van der Waals surface area contributed by atoms with Gasteiger partial charge in [0.25, 0.3) is 0 Å². The number of likely N-dealkylation sites (tertiary alicyclic amines) is 1. The standard InChI is InChI=1S/C23H29FN2O3/c1-23(2,3)29-22(28)26-15-20(21(27)16-26)25(13-17-8-5-4-6-9-17)14-18-10-7-11-19(24)12-18/h4-12,20-21,27H,13-16H2,1-3H3/t20-,21-/m1/s1. The van der Waals surface area contributed by atoms with Crippen molar-refractivity contribution in [1.82, 2.24) is 9.80 Å². The Morgan fingerprint density at radius 3 is 2.41 bits per heavy atom. The van der Waals surface area contributed by atoms with Gasteiger partial charge in [-0.1, -0.05) is 42.5 Å². The molecule has 0 radical (unpaired) electrons. The lowest BCUT2D eigenvalue weighted by molar-refractivity contribution is 0.0269. The molecule has 2 aromatic rings. The Morgan fingerprint density at radius 2 is 1.76 bits per heavy atom. The highest BCUT2D eigenvalue weighted by Gasteiger charge is 2.39. The van der Waals surface area contributed by atoms with Gasteiger partial charge in [0, 0.05) is 19.6 Å². The summed E-state index contributed by atoms with van der Waals surface area (Å²) in [5, 5.41) is 10.7. The Bertz CT molecular complexity index is 822. The summed E-state index contributed by atoms with van der Waals surface area (Å²) >= 11 is 0. The summed E-state index contributed by atoms with van der Waals surface area (Å²) in [5.74, 6) is -0.287. The van der Waals surface area contributed by atoms with Crippen LogP contribution in [0.5, 0.6) is 0 Å². The first-order valence-corrected chi connectivity index (χ1v) is 9.90. The molecule has 2 aromatic carbocycles. The third kappa shape index (κ3) is 6.02. The number of carbonyl (C=O) groups is 1. The van der Waals surface area contributed by atoms with Crippen LogP contribution in [-0.4, -0.2) is 51.8 Å². The van der Waals surface area contributed by atoms with E-state index in [1.807, 2.05) is 57.2 Å². The van der Waals surface area contributed by atoms with E-state index in [4.69, 9.17) is 4.74 Å². The van der Waals surface area contributed by atoms with Crippen LogP contribution in [0.2, 0.25) is 0 Å². The first-order valence-electron chi connectivity index (χ1n) is 9.90. The number of rotatable bonds is 5. The lowest BCUT2D eigenvalue weighted by Gasteiger charge is -2.31. The average Bonchev–Trinajstić information content (AvgIpc) is 3.03. The summed E-state index contributed by atoms with van der Waals surface area (Å²) in [5.41, 5.74) is 1.32. The molecule has 1 heterocycles. The summed E-state index contributed by atoms with van der Waals surface area (Å²) in [6.07, 6.45) is -1.13. The lowest BCUT2D eigenvalue weighted by Crippen LogP contribution is -2.43. The summed E-state index contributed by atoms with van der Waals surface area (Å²) < 4.78 is 19.1. The molecule has 3 rings (SSSR count). The molecule has 1 aliphatic heterocycles. The van der Waals surface area contributed by atoms with E-state index in [0.717, 1.165) is 11.1 Å². The fourth-order valence-corrected chi connectivity index (χ4v) is 3.58. The van der Waals surface area contributed by atoms with Gasteiger partial charge in [-0.25, -0.2) is 9.18 Å². The van der Waals surface area contributed by atoms with Crippen molar-refractivity contribution in [3.8, 4) is 0 Å². The number of ether oxygens (including phenoxy) is 1. The first-order chi connectivity index (χ1) is 13.7. The number of halogens is 1. The molecule has 0 spiro atoms. The summed E-state index contributed by atoms with van der Waals surface area (Å²) in [6, 6.07) is 16.1. The number of aliphatic hydroxyl groups excluding tert-OH is 1. The zero-order valence-corrected chi connectivity index (χ0v) is 17.2. The molecule has 0 bridgehead atoms. The number of aliphatic hydroxyl groups is 1. The van der Waals surface area contributed by atoms with Crippen molar-refractivity contribution < 1.29 is 19.0 Å². The second-order valence-corrected chi connectivity index (χ2v) is 8.54. The minimum absolute atomic E-state index is 0.216. The molecule has 1 N–H and O–H groups in total. The molecule has 1 amide bonds. The smallest absolute Gasteiger partial charge is 0.410 e. The molecule has 5 nitrogen and oxygen atoms in total. The second-order valence-electron chi connectivity index (χ2n) is 8.54. The van der Waals surface area contributed by atoms with E-state index >= 15 is 0 Å². The molecular weight excluding hydrogens is 371 g/mol. The number of hydrogen-bond acceptors (Lipinski definition) is 4. The number of amides is 1. The number of carbonyl (C=O) groups excluding carboxylic acids is 1. The third-order valence-corrected chi connectivity index (χ3v) is 4.88. The molecule has 1 aliphatic rings. The SMILES string of the molecule is CC(C)(C)OC(=O)N1C[C@@H](O)[C@H](N(Cc2ccccc2)Cc2cccc(F)c2)C1. The molecule has 29 heavy (non-hydrogen) atoms. The van der Waals surface area contributed by atoms with Crippen molar-refractivity contribution in [2.24, 2.45) is 0 Å². The minimum Gasteiger partial charge on any atom is -0.444 e. The van der Waals surface area contributed by atoms with Crippen LogP contribution in [0.25, 0.3) is 0 Å². The number of nitrogens with zero attached hydrogens (tertiary/aromatic N) is 2. The first kappa shape index (κ1) is 21.3. The topological polar surface area (TPSA) is 53.0 Å². The maximum atomic E-state index is 13.7. The van der Waals surface area contributed by atoms with Gasteiger partial charge in [0.2, 0.25) is 0 Å². The molecule has 1 fully saturated rings. The Balaban J connectivity index is 1.78. The monoisotopic (exact) mass is 400 g/mol. The average molecular weight is 400 g/mol. The van der Waals surface area contributed by atoms with Crippen LogP contribution >= 0.6 is 0 Å². The molecule has 6 heteroatoms. The van der Waals surface area contributed by atoms with Crippen LogP contribution in [0.15, 0.2) is 54.6 Å². The zero-order valence-electron chi connectivity index (χ0n) is 17.2. The van der Waals surface area contributed by atoms with Crippen LogP contribution in [0.4, 0.5) is 9.18 Å². The van der Waals surface area contributed by atoms with E-state index in [0.29, 0.717) is 19.6 Å². The predicted molar refractivity (Wildman–Crippen MR) is 110 cm³/mol. The van der Waals surface area contributed by atoms with Crippen LogP contribution in [-0.2, 0) is 17.8 Å². The normalized spacial score (nSPS) is 19.6. The van der Waals surface area contributed by atoms with E-state index < -0.39 is 17.8 Å². The zero-order chi connectivity index (χ0) is 21.0. The van der Waals surface area contributed by atoms with Gasteiger partial charge < -0.3 is 14.7 Å². The van der Waals surface area contributed by atoms with E-state index in [9.17, 15) is 14.3 Å². The Kier molecular flexibility index (Phi) is 6.55. The van der Waals surface area contributed by atoms with Gasteiger partial charge in [-0.15, -0.1) is 0 Å². The Morgan fingerprint density at radius 1 is 1.10 bits per heavy atom. The summed E-state index contributed by atoms with van der Waals surface area (Å²) in [6.45, 7) is 7.09. The van der Waals surface area contributed by atoms with Gasteiger partial charge in [0.1, 0.15) is 11.4 Å². The fraction of sp³-hybridized carbons (Fsp3) is 0.435. The number of β-amino-alcohol motifs (C(OH)–C–C–N with tert-alkyl or cyclic N) is 1. The maximum absolute atomic E-state index is 13.7. The van der Waals surface area contributed by atoms with E-state index in [-0.39, 0.29) is 18.4 Å². The van der Waals surface area contributed by atoms with Gasteiger partial charge in [0.05, 0.1) is 18.7 Å². The Hall–Kier alpha value is -2.44. The molecule has 0 unspecified atom stereocenters. The highest BCUT2D eigenvalue weighted by Crippen LogP contribution is 2.23. The summed E-state index contributed by atoms with van der Waals surface area (Å²) in [4.78, 5) is 16.1. The van der Waals surface area contributed by atoms with Crippen LogP contribution < -0.4 is 0 Å². The summed E-state index contributed by atoms with van der Waals surface area (Å²) in [7, 11) is 0. The van der Waals surface area contributed by atoms with Gasteiger partial charge in [-0.05, 0) is 44.0 Å². The number of hydrogen-bond donors (Lipinski definition) is 1. The lowest BCUT2D eigenvalue weighted by atomic mass is 10.1. The van der Waals surface area contributed by atoms with Crippen LogP contribution in [0.3, 0.4) is 0 Å². The van der Waals surface area contributed by atoms with Gasteiger partial charge in [-0.2, -0.15) is 0 Å². The Labute approximate surface area is 171 Å². The van der Waals surface area contributed by atoms with Crippen LogP contribution in [0, 0.1) is 5.82 Å². The molecular formula is C23H29FN2O3. The highest BCUT2D eigenvalue weighted by molar-refractivity contribution is 5.68. The van der Waals surface area contributed by atoms with E-state index in [1.54, 1.807) is 11.0 Å². The van der Waals surface area contributed by atoms with Crippen LogP contribution in [0.1, 0.15) is 31.9 Å². The largest absolute Gasteiger partial charge is 0.444 e. The molecule has 0 aliphatic carbocycles. The molecule has 0 saturated carbocycles. The quantitative estimate of drug-likeness (QED) is 0.829. The van der Waals surface area contributed by atoms with Crippen molar-refractivity contribution in [2.45, 2.75) is 51.6 Å². The van der Waals surface area contributed by atoms with Gasteiger partial charge >= 0.3 is 6.09 Å². The van der Waals surface area contributed by atoms with Crippen molar-refractivity contribution in [3.05, 3.63) is 71.5 Å². The molecule has 156 valence electrons. The minimum atomic E-state index is -0.709. The maximum Gasteiger partial charge on any atom is 0.410 e. The highest BCUT2D eigenvalue weighted by atomic mass is 19.1. The fourth-order valence-electron chi connectivity index (χ4n) is 3.58. The molecule has 1 saturated heterocycles. The number of benzene rings is 2. The predicted octanol–water partition coefficient (Wildman–Crippen LogP) is 3.81. The van der Waals surface area contributed by atoms with Crippen molar-refractivity contribution in [2.75, 3.05) is 13.1 Å². The van der Waals surface area contributed by atoms with Gasteiger partial charge in [-0.3, -0.25) is 4.90 Å². The van der Waals surface area contributed by atoms with Crippen molar-refractivity contribution in [1.29, 1.82) is 0 Å². The van der Waals surface area contributed by atoms with Gasteiger partial charge in [0.15, 0.2) is 0 Å². The third-order valence-electron chi connectivity index (χ3n) is 4.88. The molecule has 2 atom stereocenters. The molecule has 0 aromatic heterocycles.